The van der Waals surface area contributed by atoms with Gasteiger partial charge >= 0.3 is 18.0 Å². The third kappa shape index (κ3) is 4.36. The van der Waals surface area contributed by atoms with Gasteiger partial charge in [0.05, 0.1) is 12.7 Å². The summed E-state index contributed by atoms with van der Waals surface area (Å²) in [6.45, 7) is 0.0949. The van der Waals surface area contributed by atoms with Crippen molar-refractivity contribution in [2.24, 2.45) is 0 Å². The summed E-state index contributed by atoms with van der Waals surface area (Å²) in [4.78, 5) is 36.3. The van der Waals surface area contributed by atoms with Crippen molar-refractivity contribution in [2.75, 3.05) is 13.7 Å². The van der Waals surface area contributed by atoms with Crippen LogP contribution in [0.15, 0.2) is 60.0 Å². The normalized spacial score (nSPS) is 13.0. The van der Waals surface area contributed by atoms with E-state index in [1.165, 1.54) is 18.4 Å². The number of methoxy groups -OCH3 is 1. The van der Waals surface area contributed by atoms with Gasteiger partial charge in [0.2, 0.25) is 0 Å². The van der Waals surface area contributed by atoms with E-state index in [9.17, 15) is 19.5 Å². The van der Waals surface area contributed by atoms with Gasteiger partial charge in [0.15, 0.2) is 0 Å². The highest BCUT2D eigenvalue weighted by Crippen LogP contribution is 2.44. The number of carbonyl (C=O) groups is 3. The Morgan fingerprint density at radius 2 is 1.69 bits per heavy atom. The van der Waals surface area contributed by atoms with Crippen molar-refractivity contribution < 1.29 is 29.0 Å². The molecule has 1 aliphatic rings. The van der Waals surface area contributed by atoms with E-state index in [4.69, 9.17) is 4.74 Å². The molecular weight excluding hydrogens is 430 g/mol. The molecule has 2 N–H and O–H groups in total. The first-order valence-corrected chi connectivity index (χ1v) is 10.9. The average molecular weight is 452 g/mol. The second kappa shape index (κ2) is 9.23. The largest absolute Gasteiger partial charge is 0.480 e. The van der Waals surface area contributed by atoms with Crippen LogP contribution < -0.4 is 5.32 Å². The summed E-state index contributed by atoms with van der Waals surface area (Å²) in [6.07, 6.45) is -0.773. The van der Waals surface area contributed by atoms with Crippen LogP contribution in [-0.2, 0) is 20.7 Å². The minimum absolute atomic E-state index is 0.0290. The number of alkyl carbamates (subject to hydrolysis) is 1. The molecule has 2 aromatic carbocycles. The second-order valence-corrected chi connectivity index (χ2v) is 8.35. The molecule has 0 radical (unpaired) electrons. The molecule has 1 aromatic heterocycles. The molecule has 32 heavy (non-hydrogen) atoms. The zero-order valence-corrected chi connectivity index (χ0v) is 18.1. The molecule has 8 heteroatoms. The van der Waals surface area contributed by atoms with Gasteiger partial charge in [-0.05, 0) is 28.3 Å². The van der Waals surface area contributed by atoms with Gasteiger partial charge in [0.25, 0.3) is 0 Å². The zero-order valence-electron chi connectivity index (χ0n) is 17.2. The minimum atomic E-state index is -1.19. The lowest BCUT2D eigenvalue weighted by molar-refractivity contribution is -0.139. The van der Waals surface area contributed by atoms with Crippen LogP contribution in [0.1, 0.15) is 32.3 Å². The Morgan fingerprint density at radius 1 is 1.06 bits per heavy atom. The van der Waals surface area contributed by atoms with Crippen LogP contribution in [0.25, 0.3) is 11.1 Å². The number of benzene rings is 2. The predicted octanol–water partition coefficient (Wildman–Crippen LogP) is 4.07. The fourth-order valence-corrected chi connectivity index (χ4v) is 4.80. The lowest BCUT2D eigenvalue weighted by atomic mass is 9.98. The molecule has 4 rings (SSSR count). The van der Waals surface area contributed by atoms with Crippen LogP contribution in [0.5, 0.6) is 0 Å². The summed E-state index contributed by atoms with van der Waals surface area (Å²) in [5, 5.41) is 13.5. The molecule has 1 amide bonds. The zero-order chi connectivity index (χ0) is 22.7. The van der Waals surface area contributed by atoms with Crippen LogP contribution in [-0.4, -0.2) is 42.9 Å². The van der Waals surface area contributed by atoms with Gasteiger partial charge in [-0.3, -0.25) is 0 Å². The number of carboxylic acid groups (broad SMARTS) is 1. The Bertz CT molecular complexity index is 1130. The molecule has 0 saturated carbocycles. The van der Waals surface area contributed by atoms with Crippen molar-refractivity contribution in [3.8, 4) is 11.1 Å². The standard InChI is InChI=1S/C24H21NO6S/c1-30-23(28)14-10-15(32-13-14)11-21(22(26)27)25-24(29)31-12-20-18-8-4-2-6-16(18)17-7-3-5-9-19(17)20/h2-10,13,20-21H,11-12H2,1H3,(H,25,29)(H,26,27). The molecule has 0 aliphatic heterocycles. The van der Waals surface area contributed by atoms with E-state index >= 15 is 0 Å². The molecule has 1 atom stereocenters. The molecule has 1 aliphatic carbocycles. The Morgan fingerprint density at radius 3 is 2.28 bits per heavy atom. The lowest BCUT2D eigenvalue weighted by Gasteiger charge is -2.17. The van der Waals surface area contributed by atoms with Crippen molar-refractivity contribution in [3.05, 3.63) is 81.5 Å². The molecule has 0 fully saturated rings. The fraction of sp³-hybridized carbons (Fsp3) is 0.208. The van der Waals surface area contributed by atoms with E-state index in [2.05, 4.69) is 10.1 Å². The monoisotopic (exact) mass is 451 g/mol. The Labute approximate surface area is 188 Å². The number of esters is 1. The van der Waals surface area contributed by atoms with E-state index in [1.54, 1.807) is 11.4 Å². The van der Waals surface area contributed by atoms with Gasteiger partial charge < -0.3 is 19.9 Å². The molecule has 1 heterocycles. The van der Waals surface area contributed by atoms with E-state index < -0.39 is 24.1 Å². The number of thiophene rings is 1. The van der Waals surface area contributed by atoms with E-state index in [-0.39, 0.29) is 18.9 Å². The number of hydrogen-bond donors (Lipinski definition) is 2. The minimum Gasteiger partial charge on any atom is -0.480 e. The number of aliphatic carboxylic acids is 1. The Balaban J connectivity index is 1.41. The van der Waals surface area contributed by atoms with Crippen molar-refractivity contribution in [1.29, 1.82) is 0 Å². The highest BCUT2D eigenvalue weighted by atomic mass is 32.1. The predicted molar refractivity (Wildman–Crippen MR) is 119 cm³/mol. The summed E-state index contributed by atoms with van der Waals surface area (Å²) >= 11 is 1.23. The van der Waals surface area contributed by atoms with Gasteiger partial charge in [-0.25, -0.2) is 14.4 Å². The summed E-state index contributed by atoms with van der Waals surface area (Å²) in [6, 6.07) is 16.3. The van der Waals surface area contributed by atoms with Crippen molar-refractivity contribution >= 4 is 29.4 Å². The maximum atomic E-state index is 12.4. The van der Waals surface area contributed by atoms with E-state index in [0.717, 1.165) is 22.3 Å². The van der Waals surface area contributed by atoms with Crippen molar-refractivity contribution in [1.82, 2.24) is 5.32 Å². The van der Waals surface area contributed by atoms with Crippen LogP contribution >= 0.6 is 11.3 Å². The summed E-state index contributed by atoms with van der Waals surface area (Å²) in [5.74, 6) is -1.80. The van der Waals surface area contributed by atoms with Crippen LogP contribution in [0.3, 0.4) is 0 Å². The smallest absolute Gasteiger partial charge is 0.407 e. The summed E-state index contributed by atoms with van der Waals surface area (Å²) in [7, 11) is 1.28. The maximum Gasteiger partial charge on any atom is 0.407 e. The topological polar surface area (TPSA) is 102 Å². The summed E-state index contributed by atoms with van der Waals surface area (Å²) < 4.78 is 10.1. The number of fused-ring (bicyclic) bond motifs is 3. The molecule has 0 saturated heterocycles. The van der Waals surface area contributed by atoms with Crippen LogP contribution in [0.4, 0.5) is 4.79 Å². The second-order valence-electron chi connectivity index (χ2n) is 7.36. The number of carboxylic acids is 1. The van der Waals surface area contributed by atoms with Crippen LogP contribution in [0, 0.1) is 0 Å². The Kier molecular flexibility index (Phi) is 6.23. The van der Waals surface area contributed by atoms with Crippen LogP contribution in [0.2, 0.25) is 0 Å². The number of hydrogen-bond acceptors (Lipinski definition) is 6. The number of amides is 1. The third-order valence-electron chi connectivity index (χ3n) is 5.41. The number of carbonyl (C=O) groups excluding carboxylic acids is 2. The fourth-order valence-electron chi connectivity index (χ4n) is 3.90. The van der Waals surface area contributed by atoms with Gasteiger partial charge in [0.1, 0.15) is 12.6 Å². The number of nitrogens with one attached hydrogen (secondary N) is 1. The molecular formula is C24H21NO6S. The summed E-state index contributed by atoms with van der Waals surface area (Å²) in [5.41, 5.74) is 4.72. The number of ether oxygens (including phenoxy) is 2. The first-order chi connectivity index (χ1) is 15.5. The molecule has 7 nitrogen and oxygen atoms in total. The van der Waals surface area contributed by atoms with Gasteiger partial charge in [0, 0.05) is 22.6 Å². The third-order valence-corrected chi connectivity index (χ3v) is 6.37. The van der Waals surface area contributed by atoms with Gasteiger partial charge in [-0.15, -0.1) is 11.3 Å². The quantitative estimate of drug-likeness (QED) is 0.525. The molecule has 0 spiro atoms. The van der Waals surface area contributed by atoms with Crippen molar-refractivity contribution in [3.63, 3.8) is 0 Å². The van der Waals surface area contributed by atoms with Gasteiger partial charge in [-0.2, -0.15) is 0 Å². The molecule has 0 bridgehead atoms. The molecule has 3 aromatic rings. The SMILES string of the molecule is COC(=O)c1csc(CC(NC(=O)OCC2c3ccccc3-c3ccccc32)C(=O)O)c1. The first kappa shape index (κ1) is 21.6. The van der Waals surface area contributed by atoms with E-state index in [0.29, 0.717) is 10.4 Å². The maximum absolute atomic E-state index is 12.4. The lowest BCUT2D eigenvalue weighted by Crippen LogP contribution is -2.42. The first-order valence-electron chi connectivity index (χ1n) is 9.98. The number of rotatable bonds is 7. The molecule has 164 valence electrons. The van der Waals surface area contributed by atoms with E-state index in [1.807, 2.05) is 48.5 Å². The highest BCUT2D eigenvalue weighted by molar-refractivity contribution is 7.10. The Hall–Kier alpha value is -3.65. The average Bonchev–Trinajstić information content (AvgIpc) is 3.39. The van der Waals surface area contributed by atoms with Gasteiger partial charge in [-0.1, -0.05) is 48.5 Å². The molecule has 1 unspecified atom stereocenters. The van der Waals surface area contributed by atoms with Crippen molar-refractivity contribution in [2.45, 2.75) is 18.4 Å². The highest BCUT2D eigenvalue weighted by Gasteiger charge is 2.30.